The third-order valence-corrected chi connectivity index (χ3v) is 2.32. The van der Waals surface area contributed by atoms with Crippen LogP contribution in [-0.2, 0) is 20.9 Å². The molecule has 0 saturated carbocycles. The average Bonchev–Trinajstić information content (AvgIpc) is 2.25. The highest BCUT2D eigenvalue weighted by atomic mass is 79.9. The minimum Gasteiger partial charge on any atom is -0.460 e. The van der Waals surface area contributed by atoms with Crippen molar-refractivity contribution in [2.75, 3.05) is 6.54 Å². The first-order valence-electron chi connectivity index (χ1n) is 4.72. The second kappa shape index (κ2) is 6.27. The van der Waals surface area contributed by atoms with Crippen LogP contribution < -0.4 is 5.32 Å². The molecule has 0 fully saturated rings. The third kappa shape index (κ3) is 4.93. The monoisotopic (exact) mass is 285 g/mol. The van der Waals surface area contributed by atoms with E-state index in [1.165, 1.54) is 6.92 Å². The van der Waals surface area contributed by atoms with Crippen LogP contribution in [0.2, 0.25) is 0 Å². The lowest BCUT2D eigenvalue weighted by Crippen LogP contribution is -2.28. The smallest absolute Gasteiger partial charge is 0.325 e. The van der Waals surface area contributed by atoms with Crippen molar-refractivity contribution in [2.24, 2.45) is 0 Å². The molecule has 0 saturated heterocycles. The van der Waals surface area contributed by atoms with Crippen molar-refractivity contribution in [1.82, 2.24) is 5.32 Å². The van der Waals surface area contributed by atoms with Crippen molar-refractivity contribution in [3.8, 4) is 0 Å². The summed E-state index contributed by atoms with van der Waals surface area (Å²) in [4.78, 5) is 21.7. The van der Waals surface area contributed by atoms with Crippen LogP contribution in [0.15, 0.2) is 28.7 Å². The summed E-state index contributed by atoms with van der Waals surface area (Å²) in [7, 11) is 0. The van der Waals surface area contributed by atoms with Crippen LogP contribution in [0.5, 0.6) is 0 Å². The molecule has 16 heavy (non-hydrogen) atoms. The van der Waals surface area contributed by atoms with Crippen molar-refractivity contribution in [2.45, 2.75) is 13.5 Å². The van der Waals surface area contributed by atoms with Gasteiger partial charge in [0.05, 0.1) is 0 Å². The van der Waals surface area contributed by atoms with Crippen molar-refractivity contribution in [1.29, 1.82) is 0 Å². The van der Waals surface area contributed by atoms with Crippen LogP contribution in [-0.4, -0.2) is 18.4 Å². The highest BCUT2D eigenvalue weighted by molar-refractivity contribution is 9.10. The molecule has 4 nitrogen and oxygen atoms in total. The van der Waals surface area contributed by atoms with Gasteiger partial charge in [-0.15, -0.1) is 0 Å². The van der Waals surface area contributed by atoms with Crippen LogP contribution in [0.1, 0.15) is 12.5 Å². The summed E-state index contributed by atoms with van der Waals surface area (Å²) >= 11 is 3.31. The Bertz CT molecular complexity index is 375. The van der Waals surface area contributed by atoms with E-state index in [-0.39, 0.29) is 19.1 Å². The number of ether oxygens (including phenoxy) is 1. The van der Waals surface area contributed by atoms with Gasteiger partial charge in [0.25, 0.3) is 0 Å². The number of nitrogens with one attached hydrogen (secondary N) is 1. The van der Waals surface area contributed by atoms with Gasteiger partial charge in [-0.1, -0.05) is 28.1 Å². The number of rotatable bonds is 4. The second-order valence-corrected chi connectivity index (χ2v) is 4.11. The summed E-state index contributed by atoms with van der Waals surface area (Å²) < 4.78 is 5.92. The summed E-state index contributed by atoms with van der Waals surface area (Å²) in [6.07, 6.45) is 0. The molecule has 0 aliphatic carbocycles. The molecule has 0 radical (unpaired) electrons. The molecule has 86 valence electrons. The molecule has 1 N–H and O–H groups in total. The summed E-state index contributed by atoms with van der Waals surface area (Å²) in [6.45, 7) is 1.47. The molecule has 0 bridgehead atoms. The van der Waals surface area contributed by atoms with Gasteiger partial charge in [-0.25, -0.2) is 0 Å². The molecule has 0 aliphatic rings. The van der Waals surface area contributed by atoms with Gasteiger partial charge in [0.15, 0.2) is 0 Å². The van der Waals surface area contributed by atoms with Crippen LogP contribution in [0.3, 0.4) is 0 Å². The van der Waals surface area contributed by atoms with Crippen molar-refractivity contribution in [3.63, 3.8) is 0 Å². The number of carbonyl (C=O) groups is 2. The quantitative estimate of drug-likeness (QED) is 0.856. The van der Waals surface area contributed by atoms with Gasteiger partial charge >= 0.3 is 5.97 Å². The van der Waals surface area contributed by atoms with Gasteiger partial charge in [0.1, 0.15) is 13.2 Å². The Morgan fingerprint density at radius 2 is 1.94 bits per heavy atom. The Balaban J connectivity index is 2.31. The highest BCUT2D eigenvalue weighted by Gasteiger charge is 2.03. The Hall–Kier alpha value is -1.36. The molecule has 0 unspecified atom stereocenters. The Morgan fingerprint density at radius 3 is 2.50 bits per heavy atom. The van der Waals surface area contributed by atoms with Gasteiger partial charge < -0.3 is 10.1 Å². The minimum atomic E-state index is -0.446. The van der Waals surface area contributed by atoms with Crippen LogP contribution >= 0.6 is 15.9 Å². The fourth-order valence-corrected chi connectivity index (χ4v) is 1.26. The maximum Gasteiger partial charge on any atom is 0.325 e. The number of esters is 1. The number of hydrogen-bond donors (Lipinski definition) is 1. The predicted molar refractivity (Wildman–Crippen MR) is 62.6 cm³/mol. The van der Waals surface area contributed by atoms with Gasteiger partial charge in [-0.05, 0) is 17.7 Å². The summed E-state index contributed by atoms with van der Waals surface area (Å²) in [5, 5.41) is 2.37. The van der Waals surface area contributed by atoms with Crippen LogP contribution in [0, 0.1) is 0 Å². The zero-order chi connectivity index (χ0) is 12.0. The Morgan fingerprint density at radius 1 is 1.31 bits per heavy atom. The van der Waals surface area contributed by atoms with E-state index in [9.17, 15) is 9.59 Å². The molecule has 1 aromatic carbocycles. The number of hydrogen-bond acceptors (Lipinski definition) is 3. The maximum atomic E-state index is 11.1. The van der Waals surface area contributed by atoms with Gasteiger partial charge in [-0.3, -0.25) is 9.59 Å². The number of carbonyl (C=O) groups excluding carboxylic acids is 2. The van der Waals surface area contributed by atoms with Crippen LogP contribution in [0.4, 0.5) is 0 Å². The minimum absolute atomic E-state index is 0.0914. The molecular weight excluding hydrogens is 274 g/mol. The molecule has 0 atom stereocenters. The fraction of sp³-hybridized carbons (Fsp3) is 0.273. The first kappa shape index (κ1) is 12.7. The third-order valence-electron chi connectivity index (χ3n) is 1.79. The number of benzene rings is 1. The maximum absolute atomic E-state index is 11.1. The normalized spacial score (nSPS) is 9.62. The zero-order valence-electron chi connectivity index (χ0n) is 8.83. The molecule has 0 spiro atoms. The Labute approximate surface area is 102 Å². The molecule has 1 amide bonds. The van der Waals surface area contributed by atoms with Gasteiger partial charge in [-0.2, -0.15) is 0 Å². The van der Waals surface area contributed by atoms with E-state index >= 15 is 0 Å². The Kier molecular flexibility index (Phi) is 4.98. The van der Waals surface area contributed by atoms with Crippen molar-refractivity contribution >= 4 is 27.8 Å². The fourth-order valence-electron chi connectivity index (χ4n) is 0.992. The summed E-state index contributed by atoms with van der Waals surface area (Å²) in [5.74, 6) is -0.696. The highest BCUT2D eigenvalue weighted by Crippen LogP contribution is 2.11. The van der Waals surface area contributed by atoms with E-state index in [1.54, 1.807) is 0 Å². The first-order chi connectivity index (χ1) is 7.58. The van der Waals surface area contributed by atoms with E-state index in [2.05, 4.69) is 21.2 Å². The lowest BCUT2D eigenvalue weighted by atomic mass is 10.2. The standard InChI is InChI=1S/C11H12BrNO3/c1-8(14)13-6-11(15)16-7-9-2-4-10(12)5-3-9/h2-5H,6-7H2,1H3,(H,13,14). The lowest BCUT2D eigenvalue weighted by Gasteiger charge is -2.05. The van der Waals surface area contributed by atoms with E-state index < -0.39 is 5.97 Å². The molecule has 0 aromatic heterocycles. The molecule has 0 aliphatic heterocycles. The molecule has 5 heteroatoms. The second-order valence-electron chi connectivity index (χ2n) is 3.20. The van der Waals surface area contributed by atoms with Crippen molar-refractivity contribution in [3.05, 3.63) is 34.3 Å². The molecule has 1 rings (SSSR count). The number of halogens is 1. The van der Waals surface area contributed by atoms with Crippen LogP contribution in [0.25, 0.3) is 0 Å². The molecular formula is C11H12BrNO3. The van der Waals surface area contributed by atoms with Gasteiger partial charge in [0.2, 0.25) is 5.91 Å². The zero-order valence-corrected chi connectivity index (χ0v) is 10.4. The SMILES string of the molecule is CC(=O)NCC(=O)OCc1ccc(Br)cc1. The largest absolute Gasteiger partial charge is 0.460 e. The molecule has 0 heterocycles. The van der Waals surface area contributed by atoms with E-state index in [4.69, 9.17) is 4.74 Å². The summed E-state index contributed by atoms with van der Waals surface area (Å²) in [5.41, 5.74) is 0.902. The number of amides is 1. The lowest BCUT2D eigenvalue weighted by molar-refractivity contribution is -0.145. The first-order valence-corrected chi connectivity index (χ1v) is 5.52. The average molecular weight is 286 g/mol. The van der Waals surface area contributed by atoms with E-state index in [0.29, 0.717) is 0 Å². The van der Waals surface area contributed by atoms with Crippen molar-refractivity contribution < 1.29 is 14.3 Å². The summed E-state index contributed by atoms with van der Waals surface area (Å²) in [6, 6.07) is 7.46. The predicted octanol–water partition coefficient (Wildman–Crippen LogP) is 1.63. The van der Waals surface area contributed by atoms with Gasteiger partial charge in [0, 0.05) is 11.4 Å². The molecule has 1 aromatic rings. The van der Waals surface area contributed by atoms with E-state index in [0.717, 1.165) is 10.0 Å². The topological polar surface area (TPSA) is 55.4 Å². The van der Waals surface area contributed by atoms with E-state index in [1.807, 2.05) is 24.3 Å².